The van der Waals surface area contributed by atoms with Gasteiger partial charge in [0.05, 0.1) is 0 Å². The van der Waals surface area contributed by atoms with E-state index in [-0.39, 0.29) is 10.8 Å². The zero-order valence-electron chi connectivity index (χ0n) is 21.7. The second kappa shape index (κ2) is 9.14. The molecule has 0 saturated heterocycles. The van der Waals surface area contributed by atoms with E-state index in [0.717, 1.165) is 6.42 Å². The molecular weight excluding hydrogens is 464 g/mol. The minimum absolute atomic E-state index is 0.0856. The van der Waals surface area contributed by atoms with Crippen molar-refractivity contribution in [1.82, 2.24) is 0 Å². The molecule has 2 aliphatic rings. The number of rotatable bonds is 1. The fourth-order valence-electron chi connectivity index (χ4n) is 4.64. The van der Waals surface area contributed by atoms with Gasteiger partial charge in [-0.05, 0) is 41.2 Å². The molecule has 1 unspecified atom stereocenters. The first-order valence-electron chi connectivity index (χ1n) is 11.8. The normalized spacial score (nSPS) is 17.1. The molecule has 0 aromatic heterocycles. The Morgan fingerprint density at radius 1 is 0.969 bits per heavy atom. The van der Waals surface area contributed by atoms with Gasteiger partial charge in [0.2, 0.25) is 0 Å². The van der Waals surface area contributed by atoms with Gasteiger partial charge in [0.15, 0.2) is 0 Å². The van der Waals surface area contributed by atoms with Crippen LogP contribution in [-0.4, -0.2) is 3.21 Å². The van der Waals surface area contributed by atoms with E-state index in [1.54, 1.807) is 24.2 Å². The summed E-state index contributed by atoms with van der Waals surface area (Å²) in [5, 5.41) is 0. The van der Waals surface area contributed by atoms with Gasteiger partial charge < -0.3 is 0 Å². The third-order valence-corrected chi connectivity index (χ3v) is 6.28. The molecule has 0 amide bonds. The molecule has 1 atom stereocenters. The number of hydrogen-bond acceptors (Lipinski definition) is 0. The molecule has 2 aromatic rings. The van der Waals surface area contributed by atoms with Crippen LogP contribution in [0.2, 0.25) is 0 Å². The van der Waals surface area contributed by atoms with E-state index in [1.807, 2.05) is 0 Å². The van der Waals surface area contributed by atoms with Crippen LogP contribution in [0.15, 0.2) is 42.0 Å². The van der Waals surface area contributed by atoms with Crippen LogP contribution in [0.4, 0.5) is 0 Å². The summed E-state index contributed by atoms with van der Waals surface area (Å²) in [7, 11) is 0. The quantitative estimate of drug-likeness (QED) is 0.293. The van der Waals surface area contributed by atoms with E-state index in [1.165, 1.54) is 53.3 Å². The summed E-state index contributed by atoms with van der Waals surface area (Å²) in [6.07, 6.45) is 5.73. The Morgan fingerprint density at radius 3 is 2.09 bits per heavy atom. The van der Waals surface area contributed by atoms with Gasteiger partial charge >= 0.3 is 41.3 Å². The first-order valence-corrected chi connectivity index (χ1v) is 13.1. The van der Waals surface area contributed by atoms with Gasteiger partial charge in [0.25, 0.3) is 0 Å². The fourth-order valence-corrected chi connectivity index (χ4v) is 4.64. The van der Waals surface area contributed by atoms with Crippen LogP contribution in [0.1, 0.15) is 97.1 Å². The van der Waals surface area contributed by atoms with Crippen molar-refractivity contribution in [3.05, 3.63) is 75.9 Å². The standard InChI is InChI=1S/C28H33.C3H6.Zr/c1-17-11-18(2)22(12-17)25-14-20-13-19-9-10-21(27(3,4)5)15-23(19)24(20)16-26(25)28(6,7)8;1-3-2;/h9-12,15-16,18H,13H2,1-8H3;1-2H3;/q-1;;. The van der Waals surface area contributed by atoms with Crippen molar-refractivity contribution >= 4 is 8.78 Å². The van der Waals surface area contributed by atoms with Gasteiger partial charge in [-0.15, -0.1) is 34.4 Å². The van der Waals surface area contributed by atoms with E-state index in [0.29, 0.717) is 5.92 Å². The number of fused-ring (bicyclic) bond motifs is 3. The van der Waals surface area contributed by atoms with Crippen LogP contribution < -0.4 is 0 Å². The molecule has 1 heteroatoms. The average Bonchev–Trinajstić information content (AvgIpc) is 3.16. The first kappa shape index (κ1) is 25.3. The molecule has 0 saturated carbocycles. The molecular formula is C31H39Zr-. The van der Waals surface area contributed by atoms with E-state index in [2.05, 4.69) is 112 Å². The van der Waals surface area contributed by atoms with Gasteiger partial charge in [-0.3, -0.25) is 0 Å². The van der Waals surface area contributed by atoms with Crippen molar-refractivity contribution in [2.75, 3.05) is 0 Å². The molecule has 4 rings (SSSR count). The molecule has 0 nitrogen and oxygen atoms in total. The summed E-state index contributed by atoms with van der Waals surface area (Å²) in [4.78, 5) is 0. The summed E-state index contributed by atoms with van der Waals surface area (Å²) in [6, 6.07) is 13.4. The molecule has 0 heterocycles. The third kappa shape index (κ3) is 5.42. The predicted molar refractivity (Wildman–Crippen MR) is 138 cm³/mol. The molecule has 2 aliphatic carbocycles. The topological polar surface area (TPSA) is 0 Å². The van der Waals surface area contributed by atoms with E-state index in [9.17, 15) is 0 Å². The summed E-state index contributed by atoms with van der Waals surface area (Å²) >= 11 is 1.55. The number of allylic oxidation sites excluding steroid dienone is 4. The Morgan fingerprint density at radius 2 is 1.59 bits per heavy atom. The van der Waals surface area contributed by atoms with Crippen LogP contribution in [0.5, 0.6) is 0 Å². The second-order valence-electron chi connectivity index (χ2n) is 11.8. The molecule has 0 fully saturated rings. The summed E-state index contributed by atoms with van der Waals surface area (Å²) in [6.45, 7) is 22.6. The Hall–Kier alpha value is -1.33. The van der Waals surface area contributed by atoms with Crippen LogP contribution in [-0.2, 0) is 41.5 Å². The van der Waals surface area contributed by atoms with Gasteiger partial charge in [-0.1, -0.05) is 95.5 Å². The average molecular weight is 503 g/mol. The number of benzene rings is 2. The predicted octanol–water partition coefficient (Wildman–Crippen LogP) is 8.38. The van der Waals surface area contributed by atoms with Crippen molar-refractivity contribution < 1.29 is 24.2 Å². The van der Waals surface area contributed by atoms with Crippen LogP contribution in [0.25, 0.3) is 16.7 Å². The summed E-state index contributed by atoms with van der Waals surface area (Å²) < 4.78 is 1.51. The van der Waals surface area contributed by atoms with Crippen LogP contribution in [0, 0.1) is 12.0 Å². The first-order chi connectivity index (χ1) is 14.7. The Labute approximate surface area is 211 Å². The third-order valence-electron chi connectivity index (χ3n) is 6.28. The Bertz CT molecular complexity index is 1110. The van der Waals surface area contributed by atoms with Crippen molar-refractivity contribution in [2.24, 2.45) is 5.92 Å². The molecule has 0 aliphatic heterocycles. The molecule has 0 N–H and O–H groups in total. The zero-order valence-corrected chi connectivity index (χ0v) is 24.2. The van der Waals surface area contributed by atoms with Gasteiger partial charge in [0.1, 0.15) is 0 Å². The van der Waals surface area contributed by atoms with E-state index in [4.69, 9.17) is 0 Å². The summed E-state index contributed by atoms with van der Waals surface area (Å²) in [5.74, 6) is 0.465. The van der Waals surface area contributed by atoms with Gasteiger partial charge in [-0.2, -0.15) is 0 Å². The molecule has 0 bridgehead atoms. The maximum absolute atomic E-state index is 3.90. The Kier molecular flexibility index (Phi) is 7.22. The van der Waals surface area contributed by atoms with E-state index >= 15 is 0 Å². The van der Waals surface area contributed by atoms with Crippen molar-refractivity contribution in [3.8, 4) is 11.1 Å². The Balaban J connectivity index is 0.000000668. The van der Waals surface area contributed by atoms with Crippen LogP contribution in [0.3, 0.4) is 0 Å². The SMILES string of the molecule is CC1=CC(C)C(c2[c-]c3c(cc2C(C)(C)C)-c2cc(C(C)(C)C)ccc2C3)=C1.C[C](C)=[Zr]. The molecule has 2 aromatic carbocycles. The van der Waals surface area contributed by atoms with E-state index < -0.39 is 0 Å². The maximum atomic E-state index is 3.90. The van der Waals surface area contributed by atoms with Crippen molar-refractivity contribution in [3.63, 3.8) is 0 Å². The molecule has 168 valence electrons. The van der Waals surface area contributed by atoms with Crippen LogP contribution >= 0.6 is 0 Å². The van der Waals surface area contributed by atoms with Gasteiger partial charge in [-0.25, -0.2) is 0 Å². The van der Waals surface area contributed by atoms with Crippen molar-refractivity contribution in [1.29, 1.82) is 0 Å². The molecule has 0 spiro atoms. The minimum atomic E-state index is 0.0856. The fraction of sp³-hybridized carbons (Fsp3) is 0.452. The van der Waals surface area contributed by atoms with Crippen molar-refractivity contribution in [2.45, 2.75) is 86.5 Å². The number of hydrogen-bond donors (Lipinski definition) is 0. The zero-order chi connectivity index (χ0) is 24.0. The monoisotopic (exact) mass is 501 g/mol. The second-order valence-corrected chi connectivity index (χ2v) is 14.3. The molecule has 32 heavy (non-hydrogen) atoms. The molecule has 0 radical (unpaired) electrons. The summed E-state index contributed by atoms with van der Waals surface area (Å²) in [5.41, 5.74) is 12.8. The van der Waals surface area contributed by atoms with Gasteiger partial charge in [0, 0.05) is 0 Å².